The fraction of sp³-hybridized carbons (Fsp3) is 0.111. The average molecular weight is 352 g/mol. The van der Waals surface area contributed by atoms with Gasteiger partial charge in [0.05, 0.1) is 4.92 Å². The third-order valence-corrected chi connectivity index (χ3v) is 3.75. The van der Waals surface area contributed by atoms with Gasteiger partial charge in [0.15, 0.2) is 0 Å². The lowest BCUT2D eigenvalue weighted by molar-refractivity contribution is -0.384. The number of nitro groups is 1. The van der Waals surface area contributed by atoms with Gasteiger partial charge in [0.2, 0.25) is 11.8 Å². The van der Waals surface area contributed by atoms with Crippen LogP contribution in [0.15, 0.2) is 54.7 Å². The van der Waals surface area contributed by atoms with Crippen molar-refractivity contribution in [1.29, 1.82) is 0 Å². The Balaban J connectivity index is 1.73. The van der Waals surface area contributed by atoms with Gasteiger partial charge in [0.1, 0.15) is 6.54 Å². The maximum Gasteiger partial charge on any atom is 0.270 e. The molecule has 0 radical (unpaired) electrons. The highest BCUT2D eigenvalue weighted by atomic mass is 16.6. The molecule has 0 saturated heterocycles. The smallest absolute Gasteiger partial charge is 0.270 e. The standard InChI is InChI=1S/C18H16N4O4/c1-12(23)19-14-3-2-4-15(10-14)20-18(24)11-21-8-7-13-9-16(22(25)26)5-6-17(13)21/h2-10H,11H2,1H3,(H,19,23)(H,20,24). The van der Waals surface area contributed by atoms with Gasteiger partial charge in [-0.25, -0.2) is 0 Å². The highest BCUT2D eigenvalue weighted by Gasteiger charge is 2.11. The minimum absolute atomic E-state index is 0.00879. The minimum Gasteiger partial charge on any atom is -0.338 e. The molecule has 132 valence electrons. The normalized spacial score (nSPS) is 10.5. The van der Waals surface area contributed by atoms with Crippen molar-refractivity contribution in [3.63, 3.8) is 0 Å². The second-order valence-corrected chi connectivity index (χ2v) is 5.75. The summed E-state index contributed by atoms with van der Waals surface area (Å²) in [6.45, 7) is 1.47. The van der Waals surface area contributed by atoms with Gasteiger partial charge < -0.3 is 15.2 Å². The Morgan fingerprint density at radius 1 is 1.08 bits per heavy atom. The molecule has 3 rings (SSSR count). The fourth-order valence-corrected chi connectivity index (χ4v) is 2.67. The lowest BCUT2D eigenvalue weighted by atomic mass is 10.2. The van der Waals surface area contributed by atoms with Crippen molar-refractivity contribution in [2.75, 3.05) is 10.6 Å². The van der Waals surface area contributed by atoms with Crippen LogP contribution in [0.25, 0.3) is 10.9 Å². The molecule has 0 aliphatic heterocycles. The number of hydrogen-bond donors (Lipinski definition) is 2. The average Bonchev–Trinajstić information content (AvgIpc) is 2.96. The van der Waals surface area contributed by atoms with Gasteiger partial charge in [0, 0.05) is 47.5 Å². The molecule has 0 bridgehead atoms. The van der Waals surface area contributed by atoms with Crippen LogP contribution in [-0.4, -0.2) is 21.3 Å². The zero-order valence-electron chi connectivity index (χ0n) is 13.9. The number of nitrogens with zero attached hydrogens (tertiary/aromatic N) is 2. The molecular formula is C18H16N4O4. The van der Waals surface area contributed by atoms with Crippen LogP contribution >= 0.6 is 0 Å². The number of hydrogen-bond acceptors (Lipinski definition) is 4. The maximum atomic E-state index is 12.3. The van der Waals surface area contributed by atoms with E-state index in [2.05, 4.69) is 10.6 Å². The molecule has 26 heavy (non-hydrogen) atoms. The number of nitro benzene ring substituents is 1. The van der Waals surface area contributed by atoms with E-state index in [1.54, 1.807) is 47.2 Å². The molecule has 0 spiro atoms. The predicted octanol–water partition coefficient (Wildman–Crippen LogP) is 3.15. The third-order valence-electron chi connectivity index (χ3n) is 3.75. The molecule has 0 unspecified atom stereocenters. The lowest BCUT2D eigenvalue weighted by Gasteiger charge is -2.09. The lowest BCUT2D eigenvalue weighted by Crippen LogP contribution is -2.18. The first-order valence-corrected chi connectivity index (χ1v) is 7.83. The molecule has 3 aromatic rings. The summed E-state index contributed by atoms with van der Waals surface area (Å²) in [6.07, 6.45) is 1.71. The van der Waals surface area contributed by atoms with Crippen LogP contribution in [-0.2, 0) is 16.1 Å². The molecule has 0 fully saturated rings. The molecule has 8 heteroatoms. The quantitative estimate of drug-likeness (QED) is 0.543. The Labute approximate surface area is 148 Å². The number of anilines is 2. The van der Waals surface area contributed by atoms with Gasteiger partial charge in [-0.2, -0.15) is 0 Å². The van der Waals surface area contributed by atoms with Crippen molar-refractivity contribution in [2.24, 2.45) is 0 Å². The zero-order chi connectivity index (χ0) is 18.7. The van der Waals surface area contributed by atoms with Crippen molar-refractivity contribution in [2.45, 2.75) is 13.5 Å². The summed E-state index contributed by atoms with van der Waals surface area (Å²) in [5, 5.41) is 17.0. The van der Waals surface area contributed by atoms with Crippen molar-refractivity contribution in [1.82, 2.24) is 4.57 Å². The molecular weight excluding hydrogens is 336 g/mol. The summed E-state index contributed by atoms with van der Waals surface area (Å²) in [5.41, 5.74) is 1.90. The molecule has 1 aromatic heterocycles. The predicted molar refractivity (Wildman–Crippen MR) is 98.0 cm³/mol. The summed E-state index contributed by atoms with van der Waals surface area (Å²) in [5.74, 6) is -0.442. The maximum absolute atomic E-state index is 12.3. The van der Waals surface area contributed by atoms with Crippen LogP contribution in [0.5, 0.6) is 0 Å². The monoisotopic (exact) mass is 352 g/mol. The van der Waals surface area contributed by atoms with Crippen LogP contribution < -0.4 is 10.6 Å². The summed E-state index contributed by atoms with van der Waals surface area (Å²) >= 11 is 0. The topological polar surface area (TPSA) is 106 Å². The number of carbonyl (C=O) groups excluding carboxylic acids is 2. The number of benzene rings is 2. The van der Waals surface area contributed by atoms with E-state index >= 15 is 0 Å². The van der Waals surface area contributed by atoms with Gasteiger partial charge >= 0.3 is 0 Å². The number of carbonyl (C=O) groups is 2. The number of fused-ring (bicyclic) bond motifs is 1. The van der Waals surface area contributed by atoms with Crippen molar-refractivity contribution in [3.8, 4) is 0 Å². The summed E-state index contributed by atoms with van der Waals surface area (Å²) in [6, 6.07) is 13.1. The van der Waals surface area contributed by atoms with E-state index < -0.39 is 4.92 Å². The van der Waals surface area contributed by atoms with E-state index in [-0.39, 0.29) is 24.0 Å². The van der Waals surface area contributed by atoms with E-state index in [1.807, 2.05) is 0 Å². The molecule has 0 aliphatic rings. The zero-order valence-corrected chi connectivity index (χ0v) is 13.9. The second kappa shape index (κ2) is 7.06. The van der Waals surface area contributed by atoms with Gasteiger partial charge in [-0.3, -0.25) is 19.7 Å². The Morgan fingerprint density at radius 2 is 1.81 bits per heavy atom. The van der Waals surface area contributed by atoms with E-state index in [1.165, 1.54) is 19.1 Å². The van der Waals surface area contributed by atoms with Crippen molar-refractivity contribution in [3.05, 3.63) is 64.8 Å². The van der Waals surface area contributed by atoms with E-state index in [4.69, 9.17) is 0 Å². The van der Waals surface area contributed by atoms with Gasteiger partial charge in [0.25, 0.3) is 5.69 Å². The van der Waals surface area contributed by atoms with Crippen molar-refractivity contribution >= 4 is 39.8 Å². The largest absolute Gasteiger partial charge is 0.338 e. The minimum atomic E-state index is -0.453. The molecule has 2 aromatic carbocycles. The highest BCUT2D eigenvalue weighted by Crippen LogP contribution is 2.22. The highest BCUT2D eigenvalue weighted by molar-refractivity contribution is 5.94. The van der Waals surface area contributed by atoms with Crippen LogP contribution in [0, 0.1) is 10.1 Å². The van der Waals surface area contributed by atoms with Crippen molar-refractivity contribution < 1.29 is 14.5 Å². The first-order chi connectivity index (χ1) is 12.4. The molecule has 1 heterocycles. The number of aromatic nitrogens is 1. The van der Waals surface area contributed by atoms with E-state index in [9.17, 15) is 19.7 Å². The summed E-state index contributed by atoms with van der Waals surface area (Å²) in [7, 11) is 0. The number of rotatable bonds is 5. The first-order valence-electron chi connectivity index (χ1n) is 7.83. The van der Waals surface area contributed by atoms with E-state index in [0.717, 1.165) is 5.52 Å². The fourth-order valence-electron chi connectivity index (χ4n) is 2.67. The molecule has 0 aliphatic carbocycles. The number of nitrogens with one attached hydrogen (secondary N) is 2. The first kappa shape index (κ1) is 17.2. The molecule has 2 amide bonds. The third kappa shape index (κ3) is 3.86. The summed E-state index contributed by atoms with van der Waals surface area (Å²) < 4.78 is 1.71. The van der Waals surface area contributed by atoms with Gasteiger partial charge in [-0.1, -0.05) is 6.07 Å². The number of non-ortho nitro benzene ring substituents is 1. The molecule has 2 N–H and O–H groups in total. The SMILES string of the molecule is CC(=O)Nc1cccc(NC(=O)Cn2ccc3cc([N+](=O)[O-])ccc32)c1. The summed E-state index contributed by atoms with van der Waals surface area (Å²) in [4.78, 5) is 33.8. The Morgan fingerprint density at radius 3 is 2.50 bits per heavy atom. The van der Waals surface area contributed by atoms with Crippen LogP contribution in [0.1, 0.15) is 6.92 Å². The van der Waals surface area contributed by atoms with Crippen LogP contribution in [0.4, 0.5) is 17.1 Å². The second-order valence-electron chi connectivity index (χ2n) is 5.75. The molecule has 0 saturated carbocycles. The van der Waals surface area contributed by atoms with E-state index in [0.29, 0.717) is 16.8 Å². The van der Waals surface area contributed by atoms with Crippen LogP contribution in [0.2, 0.25) is 0 Å². The Kier molecular flexibility index (Phi) is 4.66. The number of amides is 2. The van der Waals surface area contributed by atoms with Gasteiger partial charge in [-0.15, -0.1) is 0 Å². The molecule has 8 nitrogen and oxygen atoms in total. The van der Waals surface area contributed by atoms with Gasteiger partial charge in [-0.05, 0) is 30.3 Å². The molecule has 0 atom stereocenters. The Bertz CT molecular complexity index is 1010. The van der Waals surface area contributed by atoms with Crippen LogP contribution in [0.3, 0.4) is 0 Å². The Hall–Kier alpha value is -3.68.